The second kappa shape index (κ2) is 9.03. The second-order valence-electron chi connectivity index (χ2n) is 4.10. The highest BCUT2D eigenvalue weighted by molar-refractivity contribution is 5.76. The Labute approximate surface area is 119 Å². The van der Waals surface area contributed by atoms with Crippen LogP contribution in [0.2, 0.25) is 0 Å². The van der Waals surface area contributed by atoms with Gasteiger partial charge in [0.15, 0.2) is 0 Å². The molecular weight excluding hydrogens is 260 g/mol. The zero-order chi connectivity index (χ0) is 14.8. The average Bonchev–Trinajstić information content (AvgIpc) is 2.49. The van der Waals surface area contributed by atoms with Crippen LogP contribution >= 0.6 is 0 Å². The molecule has 1 amide bonds. The zero-order valence-corrected chi connectivity index (χ0v) is 12.2. The highest BCUT2D eigenvalue weighted by Crippen LogP contribution is 2.27. The van der Waals surface area contributed by atoms with Gasteiger partial charge in [-0.25, -0.2) is 0 Å². The van der Waals surface area contributed by atoms with E-state index in [1.54, 1.807) is 32.4 Å². The lowest BCUT2D eigenvalue weighted by molar-refractivity contribution is -0.121. The van der Waals surface area contributed by atoms with Crippen molar-refractivity contribution in [3.63, 3.8) is 0 Å². The number of ether oxygens (including phenoxy) is 3. The SMILES string of the molecule is CNCCC(=O)NCCOc1cc(OC)cc(OC)c1. The molecule has 0 saturated heterocycles. The highest BCUT2D eigenvalue weighted by atomic mass is 16.5. The first-order valence-corrected chi connectivity index (χ1v) is 6.46. The van der Waals surface area contributed by atoms with Gasteiger partial charge in [-0.1, -0.05) is 0 Å². The van der Waals surface area contributed by atoms with E-state index in [0.717, 1.165) is 0 Å². The van der Waals surface area contributed by atoms with Gasteiger partial charge in [0.05, 0.1) is 20.8 Å². The van der Waals surface area contributed by atoms with Crippen molar-refractivity contribution >= 4 is 5.91 Å². The van der Waals surface area contributed by atoms with Crippen LogP contribution in [0, 0.1) is 0 Å². The van der Waals surface area contributed by atoms with Crippen LogP contribution in [0.3, 0.4) is 0 Å². The van der Waals surface area contributed by atoms with E-state index < -0.39 is 0 Å². The Bertz CT molecular complexity index is 401. The van der Waals surface area contributed by atoms with E-state index in [9.17, 15) is 4.79 Å². The van der Waals surface area contributed by atoms with Crippen LogP contribution in [0.1, 0.15) is 6.42 Å². The third-order valence-corrected chi connectivity index (χ3v) is 2.62. The lowest BCUT2D eigenvalue weighted by atomic mass is 10.3. The van der Waals surface area contributed by atoms with Gasteiger partial charge >= 0.3 is 0 Å². The summed E-state index contributed by atoms with van der Waals surface area (Å²) >= 11 is 0. The molecule has 6 heteroatoms. The number of carbonyl (C=O) groups is 1. The van der Waals surface area contributed by atoms with Crippen LogP contribution in [0.25, 0.3) is 0 Å². The van der Waals surface area contributed by atoms with Crippen molar-refractivity contribution in [1.29, 1.82) is 0 Å². The number of amides is 1. The van der Waals surface area contributed by atoms with Crippen LogP contribution in [0.5, 0.6) is 17.2 Å². The maximum Gasteiger partial charge on any atom is 0.221 e. The van der Waals surface area contributed by atoms with Crippen LogP contribution in [-0.2, 0) is 4.79 Å². The van der Waals surface area contributed by atoms with E-state index in [1.807, 2.05) is 7.05 Å². The Morgan fingerprint density at radius 3 is 2.20 bits per heavy atom. The fourth-order valence-electron chi connectivity index (χ4n) is 1.55. The lowest BCUT2D eigenvalue weighted by Crippen LogP contribution is -2.30. The molecule has 0 heterocycles. The molecule has 0 spiro atoms. The molecule has 1 rings (SSSR count). The Kier molecular flexibility index (Phi) is 7.27. The van der Waals surface area contributed by atoms with Gasteiger partial charge in [-0.15, -0.1) is 0 Å². The Morgan fingerprint density at radius 1 is 1.05 bits per heavy atom. The lowest BCUT2D eigenvalue weighted by Gasteiger charge is -2.10. The van der Waals surface area contributed by atoms with E-state index in [-0.39, 0.29) is 5.91 Å². The number of carbonyl (C=O) groups excluding carboxylic acids is 1. The van der Waals surface area contributed by atoms with E-state index >= 15 is 0 Å². The van der Waals surface area contributed by atoms with Crippen molar-refractivity contribution < 1.29 is 19.0 Å². The largest absolute Gasteiger partial charge is 0.496 e. The molecule has 0 fully saturated rings. The minimum atomic E-state index is 0.00572. The molecule has 0 aliphatic carbocycles. The summed E-state index contributed by atoms with van der Waals surface area (Å²) in [5.41, 5.74) is 0. The Morgan fingerprint density at radius 2 is 1.65 bits per heavy atom. The Balaban J connectivity index is 2.36. The molecular formula is C14H22N2O4. The first kappa shape index (κ1) is 16.1. The van der Waals surface area contributed by atoms with Gasteiger partial charge in [0.25, 0.3) is 0 Å². The molecule has 1 aromatic carbocycles. The molecule has 0 bridgehead atoms. The number of hydrogen-bond donors (Lipinski definition) is 2. The minimum absolute atomic E-state index is 0.00572. The number of benzene rings is 1. The van der Waals surface area contributed by atoms with Crippen molar-refractivity contribution in [3.05, 3.63) is 18.2 Å². The topological polar surface area (TPSA) is 68.8 Å². The van der Waals surface area contributed by atoms with E-state index in [4.69, 9.17) is 14.2 Å². The summed E-state index contributed by atoms with van der Waals surface area (Å²) in [6, 6.07) is 5.31. The van der Waals surface area contributed by atoms with Gasteiger partial charge in [0.1, 0.15) is 23.9 Å². The second-order valence-corrected chi connectivity index (χ2v) is 4.10. The molecule has 0 aliphatic heterocycles. The first-order chi connectivity index (χ1) is 9.69. The smallest absolute Gasteiger partial charge is 0.221 e. The normalized spacial score (nSPS) is 9.95. The van der Waals surface area contributed by atoms with Crippen LogP contribution in [0.4, 0.5) is 0 Å². The summed E-state index contributed by atoms with van der Waals surface area (Å²) < 4.78 is 15.9. The van der Waals surface area contributed by atoms with Gasteiger partial charge in [-0.3, -0.25) is 4.79 Å². The summed E-state index contributed by atoms with van der Waals surface area (Å²) in [6.07, 6.45) is 0.462. The van der Waals surface area contributed by atoms with Crippen molar-refractivity contribution in [1.82, 2.24) is 10.6 Å². The third kappa shape index (κ3) is 5.79. The standard InChI is InChI=1S/C14H22N2O4/c1-15-5-4-14(17)16-6-7-20-13-9-11(18-2)8-12(10-13)19-3/h8-10,15H,4-7H2,1-3H3,(H,16,17). The minimum Gasteiger partial charge on any atom is -0.496 e. The van der Waals surface area contributed by atoms with Gasteiger partial charge in [0, 0.05) is 31.2 Å². The average molecular weight is 282 g/mol. The molecule has 1 aromatic rings. The highest BCUT2D eigenvalue weighted by Gasteiger charge is 2.03. The molecule has 0 atom stereocenters. The number of nitrogens with one attached hydrogen (secondary N) is 2. The molecule has 112 valence electrons. The first-order valence-electron chi connectivity index (χ1n) is 6.46. The van der Waals surface area contributed by atoms with Crippen molar-refractivity contribution in [3.8, 4) is 17.2 Å². The number of rotatable bonds is 9. The van der Waals surface area contributed by atoms with E-state index in [0.29, 0.717) is 43.4 Å². The molecule has 20 heavy (non-hydrogen) atoms. The maximum absolute atomic E-state index is 11.4. The van der Waals surface area contributed by atoms with E-state index in [2.05, 4.69) is 10.6 Å². The summed E-state index contributed by atoms with van der Waals surface area (Å²) in [7, 11) is 4.98. The number of methoxy groups -OCH3 is 2. The quantitative estimate of drug-likeness (QED) is 0.656. The predicted molar refractivity (Wildman–Crippen MR) is 76.6 cm³/mol. The van der Waals surface area contributed by atoms with Crippen molar-refractivity contribution in [2.45, 2.75) is 6.42 Å². The summed E-state index contributed by atoms with van der Waals surface area (Å²) in [5.74, 6) is 1.98. The summed E-state index contributed by atoms with van der Waals surface area (Å²) in [6.45, 7) is 1.52. The fraction of sp³-hybridized carbons (Fsp3) is 0.500. The Hall–Kier alpha value is -1.95. The van der Waals surface area contributed by atoms with Crippen molar-refractivity contribution in [2.24, 2.45) is 0 Å². The molecule has 0 aliphatic rings. The molecule has 0 unspecified atom stereocenters. The van der Waals surface area contributed by atoms with Crippen molar-refractivity contribution in [2.75, 3.05) is 41.0 Å². The molecule has 0 aromatic heterocycles. The molecule has 2 N–H and O–H groups in total. The number of hydrogen-bond acceptors (Lipinski definition) is 5. The molecule has 0 saturated carbocycles. The molecule has 0 radical (unpaired) electrons. The monoisotopic (exact) mass is 282 g/mol. The fourth-order valence-corrected chi connectivity index (χ4v) is 1.55. The van der Waals surface area contributed by atoms with Crippen LogP contribution in [-0.4, -0.2) is 46.9 Å². The zero-order valence-electron chi connectivity index (χ0n) is 12.2. The molecule has 6 nitrogen and oxygen atoms in total. The van der Waals surface area contributed by atoms with Gasteiger partial charge in [-0.2, -0.15) is 0 Å². The summed E-state index contributed by atoms with van der Waals surface area (Å²) in [5, 5.41) is 5.70. The van der Waals surface area contributed by atoms with Crippen LogP contribution in [0.15, 0.2) is 18.2 Å². The summed E-state index contributed by atoms with van der Waals surface area (Å²) in [4.78, 5) is 11.4. The van der Waals surface area contributed by atoms with Gasteiger partial charge in [-0.05, 0) is 7.05 Å². The van der Waals surface area contributed by atoms with E-state index in [1.165, 1.54) is 0 Å². The third-order valence-electron chi connectivity index (χ3n) is 2.62. The predicted octanol–water partition coefficient (Wildman–Crippen LogP) is 0.808. The van der Waals surface area contributed by atoms with Crippen LogP contribution < -0.4 is 24.8 Å². The van der Waals surface area contributed by atoms with Gasteiger partial charge < -0.3 is 24.8 Å². The van der Waals surface area contributed by atoms with Gasteiger partial charge in [0.2, 0.25) is 5.91 Å². The maximum atomic E-state index is 11.4.